The summed E-state index contributed by atoms with van der Waals surface area (Å²) in [6.07, 6.45) is 0. The van der Waals surface area contributed by atoms with Gasteiger partial charge >= 0.3 is 0 Å². The third kappa shape index (κ3) is 3.88. The number of hydrogen-bond donors (Lipinski definition) is 3. The van der Waals surface area contributed by atoms with Crippen molar-refractivity contribution in [2.24, 2.45) is 0 Å². The standard InChI is InChI=1S/C9H14ClN3O2S/c1-6(2)12-16(14,15)13-9-5-7(11)3-4-8(9)10/h3-6,12-13H,11H2,1-2H3. The van der Waals surface area contributed by atoms with Gasteiger partial charge in [-0.05, 0) is 32.0 Å². The molecule has 0 spiro atoms. The normalized spacial score (nSPS) is 11.8. The monoisotopic (exact) mass is 263 g/mol. The van der Waals surface area contributed by atoms with Crippen molar-refractivity contribution in [3.8, 4) is 0 Å². The van der Waals surface area contributed by atoms with Gasteiger partial charge in [-0.2, -0.15) is 13.1 Å². The second-order valence-electron chi connectivity index (χ2n) is 3.62. The van der Waals surface area contributed by atoms with Gasteiger partial charge in [-0.3, -0.25) is 4.72 Å². The van der Waals surface area contributed by atoms with Crippen LogP contribution in [-0.2, 0) is 10.2 Å². The van der Waals surface area contributed by atoms with Crippen LogP contribution in [0.2, 0.25) is 5.02 Å². The maximum atomic E-state index is 11.6. The summed E-state index contributed by atoms with van der Waals surface area (Å²) < 4.78 is 27.8. The van der Waals surface area contributed by atoms with Gasteiger partial charge in [0.2, 0.25) is 0 Å². The molecule has 0 aliphatic carbocycles. The van der Waals surface area contributed by atoms with Crippen molar-refractivity contribution in [3.05, 3.63) is 23.2 Å². The predicted molar refractivity (Wildman–Crippen MR) is 66.7 cm³/mol. The highest BCUT2D eigenvalue weighted by molar-refractivity contribution is 7.90. The van der Waals surface area contributed by atoms with E-state index in [0.717, 1.165) is 0 Å². The molecule has 0 saturated carbocycles. The maximum absolute atomic E-state index is 11.6. The lowest BCUT2D eigenvalue weighted by Gasteiger charge is -2.12. The first-order valence-electron chi connectivity index (χ1n) is 4.65. The van der Waals surface area contributed by atoms with Gasteiger partial charge in [-0.15, -0.1) is 0 Å². The van der Waals surface area contributed by atoms with Crippen molar-refractivity contribution in [1.29, 1.82) is 0 Å². The molecule has 0 saturated heterocycles. The fourth-order valence-electron chi connectivity index (χ4n) is 1.11. The van der Waals surface area contributed by atoms with Crippen LogP contribution < -0.4 is 15.2 Å². The highest BCUT2D eigenvalue weighted by atomic mass is 35.5. The SMILES string of the molecule is CC(C)NS(=O)(=O)Nc1cc(N)ccc1Cl. The summed E-state index contributed by atoms with van der Waals surface area (Å²) in [6, 6.07) is 4.39. The molecule has 0 aliphatic rings. The molecule has 0 radical (unpaired) electrons. The topological polar surface area (TPSA) is 84.2 Å². The van der Waals surface area contributed by atoms with E-state index in [4.69, 9.17) is 17.3 Å². The van der Waals surface area contributed by atoms with Gasteiger partial charge in [-0.1, -0.05) is 11.6 Å². The van der Waals surface area contributed by atoms with E-state index in [1.165, 1.54) is 12.1 Å². The molecule has 0 atom stereocenters. The van der Waals surface area contributed by atoms with Crippen LogP contribution in [0.4, 0.5) is 11.4 Å². The van der Waals surface area contributed by atoms with Crippen LogP contribution in [0.5, 0.6) is 0 Å². The zero-order valence-electron chi connectivity index (χ0n) is 8.99. The van der Waals surface area contributed by atoms with Crippen molar-refractivity contribution in [3.63, 3.8) is 0 Å². The first-order valence-corrected chi connectivity index (χ1v) is 6.51. The lowest BCUT2D eigenvalue weighted by molar-refractivity contribution is 0.575. The molecule has 5 nitrogen and oxygen atoms in total. The Morgan fingerprint density at radius 3 is 2.56 bits per heavy atom. The molecule has 4 N–H and O–H groups in total. The minimum Gasteiger partial charge on any atom is -0.399 e. The van der Waals surface area contributed by atoms with Crippen molar-refractivity contribution in [2.45, 2.75) is 19.9 Å². The van der Waals surface area contributed by atoms with Crippen LogP contribution in [0, 0.1) is 0 Å². The third-order valence-electron chi connectivity index (χ3n) is 1.63. The number of benzene rings is 1. The average molecular weight is 264 g/mol. The number of hydrogen-bond acceptors (Lipinski definition) is 3. The fraction of sp³-hybridized carbons (Fsp3) is 0.333. The quantitative estimate of drug-likeness (QED) is 0.721. The summed E-state index contributed by atoms with van der Waals surface area (Å²) in [7, 11) is -3.61. The molecule has 0 fully saturated rings. The van der Waals surface area contributed by atoms with Crippen LogP contribution in [0.1, 0.15) is 13.8 Å². The van der Waals surface area contributed by atoms with E-state index in [-0.39, 0.29) is 11.7 Å². The summed E-state index contributed by atoms with van der Waals surface area (Å²) in [6.45, 7) is 3.44. The van der Waals surface area contributed by atoms with Crippen LogP contribution in [0.15, 0.2) is 18.2 Å². The fourth-order valence-corrected chi connectivity index (χ4v) is 2.46. The molecule has 90 valence electrons. The number of nitrogens with two attached hydrogens (primary N) is 1. The largest absolute Gasteiger partial charge is 0.399 e. The van der Waals surface area contributed by atoms with Gasteiger partial charge in [0.25, 0.3) is 10.2 Å². The number of halogens is 1. The molecule has 1 aromatic carbocycles. The Kier molecular flexibility index (Phi) is 4.01. The Hall–Kier alpha value is -0.980. The Balaban J connectivity index is 2.92. The second-order valence-corrected chi connectivity index (χ2v) is 5.47. The van der Waals surface area contributed by atoms with Crippen LogP contribution >= 0.6 is 11.6 Å². The zero-order valence-corrected chi connectivity index (χ0v) is 10.6. The molecule has 0 aromatic heterocycles. The highest BCUT2D eigenvalue weighted by Gasteiger charge is 2.13. The lowest BCUT2D eigenvalue weighted by Crippen LogP contribution is -2.35. The number of rotatable bonds is 4. The summed E-state index contributed by atoms with van der Waals surface area (Å²) >= 11 is 5.83. The molecule has 0 heterocycles. The van der Waals surface area contributed by atoms with Crippen molar-refractivity contribution in [1.82, 2.24) is 4.72 Å². The van der Waals surface area contributed by atoms with E-state index in [2.05, 4.69) is 9.44 Å². The van der Waals surface area contributed by atoms with E-state index in [9.17, 15) is 8.42 Å². The number of anilines is 2. The Morgan fingerprint density at radius 1 is 1.38 bits per heavy atom. The van der Waals surface area contributed by atoms with E-state index in [1.54, 1.807) is 19.9 Å². The molecule has 0 bridgehead atoms. The van der Waals surface area contributed by atoms with E-state index in [0.29, 0.717) is 10.7 Å². The molecule has 1 aromatic rings. The van der Waals surface area contributed by atoms with Crippen molar-refractivity contribution in [2.75, 3.05) is 10.5 Å². The molecular weight excluding hydrogens is 250 g/mol. The zero-order chi connectivity index (χ0) is 12.3. The number of nitrogen functional groups attached to an aromatic ring is 1. The summed E-state index contributed by atoms with van der Waals surface area (Å²) in [5, 5.41) is 0.295. The second kappa shape index (κ2) is 4.90. The summed E-state index contributed by atoms with van der Waals surface area (Å²) in [5.41, 5.74) is 6.23. The van der Waals surface area contributed by atoms with Gasteiger partial charge in [-0.25, -0.2) is 0 Å². The van der Waals surface area contributed by atoms with Gasteiger partial charge < -0.3 is 5.73 Å². The smallest absolute Gasteiger partial charge is 0.299 e. The Morgan fingerprint density at radius 2 is 2.00 bits per heavy atom. The van der Waals surface area contributed by atoms with E-state index in [1.807, 2.05) is 0 Å². The lowest BCUT2D eigenvalue weighted by atomic mass is 10.3. The molecule has 16 heavy (non-hydrogen) atoms. The Labute approximate surface area is 100 Å². The van der Waals surface area contributed by atoms with Gasteiger partial charge in [0.1, 0.15) is 0 Å². The van der Waals surface area contributed by atoms with E-state index >= 15 is 0 Å². The maximum Gasteiger partial charge on any atom is 0.299 e. The van der Waals surface area contributed by atoms with Crippen LogP contribution in [-0.4, -0.2) is 14.5 Å². The van der Waals surface area contributed by atoms with Crippen molar-refractivity contribution >= 4 is 33.2 Å². The van der Waals surface area contributed by atoms with Crippen LogP contribution in [0.3, 0.4) is 0 Å². The van der Waals surface area contributed by atoms with E-state index < -0.39 is 10.2 Å². The van der Waals surface area contributed by atoms with Gasteiger partial charge in [0.15, 0.2) is 0 Å². The van der Waals surface area contributed by atoms with Crippen molar-refractivity contribution < 1.29 is 8.42 Å². The molecule has 7 heteroatoms. The highest BCUT2D eigenvalue weighted by Crippen LogP contribution is 2.24. The Bertz CT molecular complexity index is 474. The minimum atomic E-state index is -3.61. The van der Waals surface area contributed by atoms with Gasteiger partial charge in [0, 0.05) is 11.7 Å². The summed E-state index contributed by atoms with van der Waals surface area (Å²) in [4.78, 5) is 0. The molecule has 0 aliphatic heterocycles. The molecular formula is C9H14ClN3O2S. The first kappa shape index (κ1) is 13.1. The molecule has 0 unspecified atom stereocenters. The third-order valence-corrected chi connectivity index (χ3v) is 3.23. The molecule has 0 amide bonds. The number of nitrogens with one attached hydrogen (secondary N) is 2. The van der Waals surface area contributed by atoms with Gasteiger partial charge in [0.05, 0.1) is 10.7 Å². The summed E-state index contributed by atoms with van der Waals surface area (Å²) in [5.74, 6) is 0. The van der Waals surface area contributed by atoms with Crippen LogP contribution in [0.25, 0.3) is 0 Å². The predicted octanol–water partition coefficient (Wildman–Crippen LogP) is 1.58. The average Bonchev–Trinajstić information content (AvgIpc) is 2.08. The minimum absolute atomic E-state index is 0.197. The first-order chi connectivity index (χ1) is 7.30. The molecule has 1 rings (SSSR count).